The standard InChI is InChI=1S/C20H31N3O5S/c1-4-27-17-14-16(23-9-11-26-12-10-23)18(28-5-2)13-15(17)22-20(29)21-8-6-7-19(24)25-3/h13-14H,4-12H2,1-3H3,(H2,21,22,29). The van der Waals surface area contributed by atoms with Crippen LogP contribution >= 0.6 is 12.2 Å². The van der Waals surface area contributed by atoms with Crippen LogP contribution in [0.15, 0.2) is 12.1 Å². The lowest BCUT2D eigenvalue weighted by molar-refractivity contribution is -0.140. The third-order valence-corrected chi connectivity index (χ3v) is 4.58. The highest BCUT2D eigenvalue weighted by Crippen LogP contribution is 2.39. The average Bonchev–Trinajstić information content (AvgIpc) is 2.73. The normalized spacial score (nSPS) is 13.6. The molecular weight excluding hydrogens is 394 g/mol. The fraction of sp³-hybridized carbons (Fsp3) is 0.600. The number of nitrogens with zero attached hydrogens (tertiary/aromatic N) is 1. The molecule has 0 amide bonds. The fourth-order valence-electron chi connectivity index (χ4n) is 2.95. The van der Waals surface area contributed by atoms with Gasteiger partial charge in [0, 0.05) is 38.2 Å². The van der Waals surface area contributed by atoms with Crippen molar-refractivity contribution in [2.24, 2.45) is 0 Å². The second kappa shape index (κ2) is 12.3. The number of hydrogen-bond acceptors (Lipinski definition) is 7. The lowest BCUT2D eigenvalue weighted by Gasteiger charge is -2.31. The zero-order valence-electron chi connectivity index (χ0n) is 17.4. The Morgan fingerprint density at radius 2 is 1.86 bits per heavy atom. The van der Waals surface area contributed by atoms with Crippen molar-refractivity contribution in [3.05, 3.63) is 12.1 Å². The first-order valence-corrected chi connectivity index (χ1v) is 10.4. The minimum absolute atomic E-state index is 0.232. The first-order chi connectivity index (χ1) is 14.1. The van der Waals surface area contributed by atoms with Crippen molar-refractivity contribution in [3.8, 4) is 11.5 Å². The van der Waals surface area contributed by atoms with Gasteiger partial charge < -0.3 is 34.5 Å². The number of morpholine rings is 1. The van der Waals surface area contributed by atoms with Crippen LogP contribution in [0.3, 0.4) is 0 Å². The second-order valence-corrected chi connectivity index (χ2v) is 6.75. The molecule has 1 aromatic carbocycles. The van der Waals surface area contributed by atoms with Gasteiger partial charge in [-0.3, -0.25) is 4.79 Å². The van der Waals surface area contributed by atoms with E-state index in [2.05, 4.69) is 20.3 Å². The molecule has 0 radical (unpaired) electrons. The molecule has 0 bridgehead atoms. The van der Waals surface area contributed by atoms with Gasteiger partial charge in [-0.05, 0) is 32.5 Å². The smallest absolute Gasteiger partial charge is 0.305 e. The lowest BCUT2D eigenvalue weighted by atomic mass is 10.2. The van der Waals surface area contributed by atoms with Crippen molar-refractivity contribution in [3.63, 3.8) is 0 Å². The number of nitrogens with one attached hydrogen (secondary N) is 2. The number of benzene rings is 1. The largest absolute Gasteiger partial charge is 0.492 e. The van der Waals surface area contributed by atoms with Crippen molar-refractivity contribution in [2.45, 2.75) is 26.7 Å². The first kappa shape index (κ1) is 23.0. The molecule has 0 aromatic heterocycles. The molecule has 0 atom stereocenters. The van der Waals surface area contributed by atoms with Gasteiger partial charge in [-0.15, -0.1) is 0 Å². The Hall–Kier alpha value is -2.26. The number of carbonyl (C=O) groups excluding carboxylic acids is 1. The van der Waals surface area contributed by atoms with Gasteiger partial charge in [0.15, 0.2) is 5.11 Å². The van der Waals surface area contributed by atoms with Crippen LogP contribution in [-0.2, 0) is 14.3 Å². The Morgan fingerprint density at radius 1 is 1.17 bits per heavy atom. The first-order valence-electron chi connectivity index (χ1n) is 9.97. The van der Waals surface area contributed by atoms with Gasteiger partial charge in [0.05, 0.1) is 44.9 Å². The molecule has 1 aliphatic heterocycles. The highest BCUT2D eigenvalue weighted by Gasteiger charge is 2.20. The van der Waals surface area contributed by atoms with Crippen molar-refractivity contribution < 1.29 is 23.7 Å². The maximum Gasteiger partial charge on any atom is 0.305 e. The molecule has 0 spiro atoms. The summed E-state index contributed by atoms with van der Waals surface area (Å²) in [5.74, 6) is 1.24. The molecule has 29 heavy (non-hydrogen) atoms. The van der Waals surface area contributed by atoms with Crippen LogP contribution in [0.2, 0.25) is 0 Å². The Bertz CT molecular complexity index is 680. The maximum atomic E-state index is 11.2. The number of hydrogen-bond donors (Lipinski definition) is 2. The third-order valence-electron chi connectivity index (χ3n) is 4.33. The molecule has 1 aliphatic rings. The SMILES string of the molecule is CCOc1cc(N2CCOCC2)c(OCC)cc1NC(=S)NCCCC(=O)OC. The van der Waals surface area contributed by atoms with E-state index < -0.39 is 0 Å². The Morgan fingerprint density at radius 3 is 2.52 bits per heavy atom. The minimum Gasteiger partial charge on any atom is -0.492 e. The van der Waals surface area contributed by atoms with Crippen molar-refractivity contribution in [1.29, 1.82) is 0 Å². The lowest BCUT2D eigenvalue weighted by Crippen LogP contribution is -2.36. The van der Waals surface area contributed by atoms with Gasteiger partial charge in [-0.2, -0.15) is 0 Å². The summed E-state index contributed by atoms with van der Waals surface area (Å²) in [7, 11) is 1.38. The zero-order chi connectivity index (χ0) is 21.1. The van der Waals surface area contributed by atoms with E-state index in [-0.39, 0.29) is 5.97 Å². The van der Waals surface area contributed by atoms with Gasteiger partial charge in [0.1, 0.15) is 11.5 Å². The summed E-state index contributed by atoms with van der Waals surface area (Å²) < 4.78 is 21.8. The van der Waals surface area contributed by atoms with E-state index >= 15 is 0 Å². The minimum atomic E-state index is -0.232. The van der Waals surface area contributed by atoms with Crippen LogP contribution in [0, 0.1) is 0 Å². The van der Waals surface area contributed by atoms with E-state index in [0.717, 1.165) is 30.2 Å². The third kappa shape index (κ3) is 7.25. The van der Waals surface area contributed by atoms with Crippen LogP contribution < -0.4 is 25.0 Å². The summed E-state index contributed by atoms with van der Waals surface area (Å²) in [5.41, 5.74) is 1.72. The van der Waals surface area contributed by atoms with E-state index in [1.807, 2.05) is 26.0 Å². The number of anilines is 2. The van der Waals surface area contributed by atoms with E-state index in [1.54, 1.807) is 0 Å². The summed E-state index contributed by atoms with van der Waals surface area (Å²) in [4.78, 5) is 13.4. The number of rotatable bonds is 10. The molecule has 2 N–H and O–H groups in total. The maximum absolute atomic E-state index is 11.2. The van der Waals surface area contributed by atoms with Gasteiger partial charge in [-0.25, -0.2) is 0 Å². The highest BCUT2D eigenvalue weighted by molar-refractivity contribution is 7.80. The molecule has 1 aromatic rings. The molecule has 162 valence electrons. The fourth-order valence-corrected chi connectivity index (χ4v) is 3.16. The summed E-state index contributed by atoms with van der Waals surface area (Å²) in [6, 6.07) is 3.91. The topological polar surface area (TPSA) is 81.3 Å². The van der Waals surface area contributed by atoms with Gasteiger partial charge in [-0.1, -0.05) is 0 Å². The molecule has 0 unspecified atom stereocenters. The molecule has 1 saturated heterocycles. The van der Waals surface area contributed by atoms with E-state index in [4.69, 9.17) is 26.4 Å². The average molecular weight is 426 g/mol. The summed E-state index contributed by atoms with van der Waals surface area (Å²) in [5, 5.41) is 6.74. The second-order valence-electron chi connectivity index (χ2n) is 6.34. The highest BCUT2D eigenvalue weighted by atomic mass is 32.1. The van der Waals surface area contributed by atoms with Crippen LogP contribution in [0.5, 0.6) is 11.5 Å². The van der Waals surface area contributed by atoms with Crippen LogP contribution in [-0.4, -0.2) is 64.3 Å². The number of esters is 1. The molecule has 0 aliphatic carbocycles. The van der Waals surface area contributed by atoms with Crippen molar-refractivity contribution in [2.75, 3.05) is 63.4 Å². The Balaban J connectivity index is 2.11. The van der Waals surface area contributed by atoms with Crippen LogP contribution in [0.25, 0.3) is 0 Å². The van der Waals surface area contributed by atoms with Crippen molar-refractivity contribution >= 4 is 34.7 Å². The van der Waals surface area contributed by atoms with Gasteiger partial charge >= 0.3 is 5.97 Å². The molecule has 1 fully saturated rings. The van der Waals surface area contributed by atoms with Gasteiger partial charge in [0.2, 0.25) is 0 Å². The molecule has 8 nitrogen and oxygen atoms in total. The molecular formula is C20H31N3O5S. The van der Waals surface area contributed by atoms with Gasteiger partial charge in [0.25, 0.3) is 0 Å². The summed E-state index contributed by atoms with van der Waals surface area (Å²) >= 11 is 5.39. The molecule has 1 heterocycles. The molecule has 2 rings (SSSR count). The van der Waals surface area contributed by atoms with E-state index in [9.17, 15) is 4.79 Å². The molecule has 0 saturated carbocycles. The predicted molar refractivity (Wildman–Crippen MR) is 117 cm³/mol. The molecule has 9 heteroatoms. The summed E-state index contributed by atoms with van der Waals surface area (Å²) in [6.07, 6.45) is 0.978. The number of methoxy groups -OCH3 is 1. The van der Waals surface area contributed by atoms with Crippen LogP contribution in [0.1, 0.15) is 26.7 Å². The quantitative estimate of drug-likeness (QED) is 0.334. The van der Waals surface area contributed by atoms with E-state index in [0.29, 0.717) is 56.7 Å². The zero-order valence-corrected chi connectivity index (χ0v) is 18.2. The number of carbonyl (C=O) groups is 1. The predicted octanol–water partition coefficient (Wildman–Crippen LogP) is 2.56. The number of thiocarbonyl (C=S) groups is 1. The summed E-state index contributed by atoms with van der Waals surface area (Å²) in [6.45, 7) is 8.54. The number of ether oxygens (including phenoxy) is 4. The van der Waals surface area contributed by atoms with Crippen molar-refractivity contribution in [1.82, 2.24) is 5.32 Å². The van der Waals surface area contributed by atoms with Crippen LogP contribution in [0.4, 0.5) is 11.4 Å². The van der Waals surface area contributed by atoms with E-state index in [1.165, 1.54) is 7.11 Å². The Labute approximate surface area is 177 Å². The monoisotopic (exact) mass is 425 g/mol. The Kier molecular flexibility index (Phi) is 9.79.